The van der Waals surface area contributed by atoms with Gasteiger partial charge in [-0.25, -0.2) is 9.97 Å². The summed E-state index contributed by atoms with van der Waals surface area (Å²) in [6, 6.07) is 3.31. The Hall–Kier alpha value is -1.91. The minimum Gasteiger partial charge on any atom is -0.368 e. The highest BCUT2D eigenvalue weighted by Crippen LogP contribution is 2.14. The van der Waals surface area contributed by atoms with Crippen LogP contribution in [0.15, 0.2) is 29.0 Å². The molecule has 0 bridgehead atoms. The largest absolute Gasteiger partial charge is 0.368 e. The van der Waals surface area contributed by atoms with E-state index in [-0.39, 0.29) is 5.88 Å². The Morgan fingerprint density at radius 1 is 1.25 bits per heavy atom. The second-order valence-electron chi connectivity index (χ2n) is 2.19. The van der Waals surface area contributed by atoms with Gasteiger partial charge in [0.05, 0.1) is 0 Å². The maximum absolute atomic E-state index is 5.33. The minimum absolute atomic E-state index is 0.262. The molecule has 0 spiro atoms. The van der Waals surface area contributed by atoms with Crippen molar-refractivity contribution in [3.63, 3.8) is 0 Å². The van der Waals surface area contributed by atoms with E-state index in [4.69, 9.17) is 5.73 Å². The Balaban J connectivity index is 2.45. The van der Waals surface area contributed by atoms with Crippen molar-refractivity contribution in [1.82, 2.24) is 15.1 Å². The molecule has 2 rings (SSSR count). The van der Waals surface area contributed by atoms with Crippen LogP contribution in [0.5, 0.6) is 0 Å². The Morgan fingerprint density at radius 3 is 2.58 bits per heavy atom. The summed E-state index contributed by atoms with van der Waals surface area (Å²) in [5.74, 6) is 0.774. The lowest BCUT2D eigenvalue weighted by atomic mass is 10.4. The average Bonchev–Trinajstić information content (AvgIpc) is 2.54. The van der Waals surface area contributed by atoms with Crippen molar-refractivity contribution in [3.05, 3.63) is 24.5 Å². The summed E-state index contributed by atoms with van der Waals surface area (Å²) >= 11 is 0. The van der Waals surface area contributed by atoms with Crippen LogP contribution in [0.2, 0.25) is 0 Å². The lowest BCUT2D eigenvalue weighted by molar-refractivity contribution is 0.438. The lowest BCUT2D eigenvalue weighted by Crippen LogP contribution is -1.85. The summed E-state index contributed by atoms with van der Waals surface area (Å²) in [6.07, 6.45) is 3.26. The van der Waals surface area contributed by atoms with Crippen molar-refractivity contribution < 1.29 is 4.52 Å². The highest BCUT2D eigenvalue weighted by molar-refractivity contribution is 5.51. The number of nitrogens with two attached hydrogens (primary N) is 1. The van der Waals surface area contributed by atoms with Crippen LogP contribution in [-0.4, -0.2) is 15.1 Å². The Morgan fingerprint density at radius 2 is 2.00 bits per heavy atom. The Labute approximate surface area is 68.2 Å². The molecule has 0 radical (unpaired) electrons. The summed E-state index contributed by atoms with van der Waals surface area (Å²) in [7, 11) is 0. The number of anilines is 1. The van der Waals surface area contributed by atoms with Gasteiger partial charge in [0.15, 0.2) is 11.5 Å². The molecule has 0 unspecified atom stereocenters. The highest BCUT2D eigenvalue weighted by Gasteiger charge is 2.04. The van der Waals surface area contributed by atoms with Crippen molar-refractivity contribution in [3.8, 4) is 11.5 Å². The molecule has 2 aromatic heterocycles. The van der Waals surface area contributed by atoms with E-state index in [0.29, 0.717) is 11.5 Å². The molecule has 0 aliphatic heterocycles. The fourth-order valence-electron chi connectivity index (χ4n) is 0.826. The first-order chi connectivity index (χ1) is 5.86. The molecule has 2 N–H and O–H groups in total. The van der Waals surface area contributed by atoms with Gasteiger partial charge in [0, 0.05) is 18.5 Å². The molecule has 5 heteroatoms. The molecule has 0 aliphatic carbocycles. The molecule has 2 heterocycles. The van der Waals surface area contributed by atoms with Gasteiger partial charge in [-0.05, 0) is 6.07 Å². The summed E-state index contributed by atoms with van der Waals surface area (Å²) in [6.45, 7) is 0. The Bertz CT molecular complexity index is 370. The van der Waals surface area contributed by atoms with Crippen LogP contribution < -0.4 is 5.73 Å². The maximum Gasteiger partial charge on any atom is 0.222 e. The summed E-state index contributed by atoms with van der Waals surface area (Å²) < 4.78 is 4.67. The van der Waals surface area contributed by atoms with Crippen molar-refractivity contribution in [2.24, 2.45) is 0 Å². The van der Waals surface area contributed by atoms with Gasteiger partial charge in [-0.15, -0.1) is 0 Å². The molecule has 0 atom stereocenters. The van der Waals surface area contributed by atoms with Gasteiger partial charge < -0.3 is 10.3 Å². The van der Waals surface area contributed by atoms with Gasteiger partial charge in [-0.1, -0.05) is 5.16 Å². The zero-order valence-corrected chi connectivity index (χ0v) is 6.14. The topological polar surface area (TPSA) is 77.8 Å². The maximum atomic E-state index is 5.33. The van der Waals surface area contributed by atoms with Gasteiger partial charge in [0.1, 0.15) is 0 Å². The zero-order chi connectivity index (χ0) is 8.39. The second kappa shape index (κ2) is 2.61. The number of nitrogens with zero attached hydrogens (tertiary/aromatic N) is 3. The van der Waals surface area contributed by atoms with Gasteiger partial charge in [0.2, 0.25) is 5.88 Å². The normalized spacial score (nSPS) is 10.0. The van der Waals surface area contributed by atoms with Crippen LogP contribution in [0.25, 0.3) is 11.5 Å². The van der Waals surface area contributed by atoms with E-state index in [0.717, 1.165) is 0 Å². The smallest absolute Gasteiger partial charge is 0.222 e. The number of rotatable bonds is 1. The van der Waals surface area contributed by atoms with E-state index < -0.39 is 0 Å². The predicted molar refractivity (Wildman–Crippen MR) is 41.9 cm³/mol. The van der Waals surface area contributed by atoms with Gasteiger partial charge >= 0.3 is 0 Å². The molecule has 0 saturated carbocycles. The van der Waals surface area contributed by atoms with Crippen LogP contribution in [0.3, 0.4) is 0 Å². The van der Waals surface area contributed by atoms with Crippen molar-refractivity contribution in [2.75, 3.05) is 5.73 Å². The first-order valence-corrected chi connectivity index (χ1v) is 3.36. The number of hydrogen-bond donors (Lipinski definition) is 1. The zero-order valence-electron chi connectivity index (χ0n) is 6.14. The molecule has 0 fully saturated rings. The van der Waals surface area contributed by atoms with Crippen LogP contribution in [-0.2, 0) is 0 Å². The number of nitrogen functional groups attached to an aromatic ring is 1. The SMILES string of the molecule is Nc1cc(-c2ncccn2)no1. The molecule has 0 amide bonds. The molecule has 0 aromatic carbocycles. The van der Waals surface area contributed by atoms with E-state index >= 15 is 0 Å². The van der Waals surface area contributed by atoms with E-state index in [1.54, 1.807) is 24.5 Å². The third-order valence-corrected chi connectivity index (χ3v) is 1.32. The third kappa shape index (κ3) is 1.12. The molecule has 60 valence electrons. The van der Waals surface area contributed by atoms with E-state index in [1.165, 1.54) is 0 Å². The summed E-state index contributed by atoms with van der Waals surface area (Å²) in [4.78, 5) is 7.95. The first-order valence-electron chi connectivity index (χ1n) is 3.36. The van der Waals surface area contributed by atoms with Crippen molar-refractivity contribution >= 4 is 5.88 Å². The molecular weight excluding hydrogens is 156 g/mol. The summed E-state index contributed by atoms with van der Waals surface area (Å²) in [5, 5.41) is 3.66. The average molecular weight is 162 g/mol. The van der Waals surface area contributed by atoms with Crippen molar-refractivity contribution in [2.45, 2.75) is 0 Å². The molecule has 0 saturated heterocycles. The van der Waals surface area contributed by atoms with Gasteiger partial charge in [0.25, 0.3) is 0 Å². The molecule has 5 nitrogen and oxygen atoms in total. The quantitative estimate of drug-likeness (QED) is 0.668. The number of aromatic nitrogens is 3. The standard InChI is InChI=1S/C7H6N4O/c8-6-4-5(11-12-6)7-9-2-1-3-10-7/h1-4H,8H2. The van der Waals surface area contributed by atoms with E-state index in [1.807, 2.05) is 0 Å². The van der Waals surface area contributed by atoms with Crippen LogP contribution >= 0.6 is 0 Å². The highest BCUT2D eigenvalue weighted by atomic mass is 16.5. The fraction of sp³-hybridized carbons (Fsp3) is 0. The van der Waals surface area contributed by atoms with Crippen molar-refractivity contribution in [1.29, 1.82) is 0 Å². The van der Waals surface area contributed by atoms with Crippen LogP contribution in [0, 0.1) is 0 Å². The fourth-order valence-corrected chi connectivity index (χ4v) is 0.826. The second-order valence-corrected chi connectivity index (χ2v) is 2.19. The molecular formula is C7H6N4O. The third-order valence-electron chi connectivity index (χ3n) is 1.32. The van der Waals surface area contributed by atoms with Crippen LogP contribution in [0.1, 0.15) is 0 Å². The molecule has 12 heavy (non-hydrogen) atoms. The lowest BCUT2D eigenvalue weighted by Gasteiger charge is -1.88. The minimum atomic E-state index is 0.262. The van der Waals surface area contributed by atoms with E-state index in [9.17, 15) is 0 Å². The summed E-state index contributed by atoms with van der Waals surface area (Å²) in [5.41, 5.74) is 5.88. The first kappa shape index (κ1) is 6.78. The number of hydrogen-bond acceptors (Lipinski definition) is 5. The molecule has 0 aliphatic rings. The predicted octanol–water partition coefficient (Wildman–Crippen LogP) is 0.714. The monoisotopic (exact) mass is 162 g/mol. The molecule has 2 aromatic rings. The van der Waals surface area contributed by atoms with Gasteiger partial charge in [-0.2, -0.15) is 0 Å². The van der Waals surface area contributed by atoms with Gasteiger partial charge in [-0.3, -0.25) is 0 Å². The van der Waals surface area contributed by atoms with Crippen LogP contribution in [0.4, 0.5) is 5.88 Å². The Kier molecular flexibility index (Phi) is 1.48. The van der Waals surface area contributed by atoms with E-state index in [2.05, 4.69) is 19.6 Å².